The van der Waals surface area contributed by atoms with E-state index in [0.717, 1.165) is 57.0 Å². The third-order valence-corrected chi connectivity index (χ3v) is 5.94. The van der Waals surface area contributed by atoms with E-state index < -0.39 is 4.92 Å². The van der Waals surface area contributed by atoms with E-state index in [9.17, 15) is 10.1 Å². The van der Waals surface area contributed by atoms with Gasteiger partial charge in [-0.1, -0.05) is 12.1 Å². The molecule has 35 heavy (non-hydrogen) atoms. The summed E-state index contributed by atoms with van der Waals surface area (Å²) in [5, 5.41) is 18.5. The van der Waals surface area contributed by atoms with Crippen LogP contribution in [0.2, 0.25) is 0 Å². The van der Waals surface area contributed by atoms with Crippen molar-refractivity contribution in [2.75, 3.05) is 56.6 Å². The van der Waals surface area contributed by atoms with Crippen molar-refractivity contribution in [3.05, 3.63) is 58.4 Å². The zero-order valence-corrected chi connectivity index (χ0v) is 20.0. The summed E-state index contributed by atoms with van der Waals surface area (Å²) in [5.41, 5.74) is 2.14. The van der Waals surface area contributed by atoms with Gasteiger partial charge in [-0.3, -0.25) is 15.0 Å². The first-order chi connectivity index (χ1) is 17.1. The van der Waals surface area contributed by atoms with E-state index in [0.29, 0.717) is 42.1 Å². The molecular weight excluding hydrogens is 448 g/mol. The predicted molar refractivity (Wildman–Crippen MR) is 136 cm³/mol. The maximum atomic E-state index is 11.5. The highest BCUT2D eigenvalue weighted by Crippen LogP contribution is 2.32. The van der Waals surface area contributed by atoms with E-state index in [4.69, 9.17) is 9.47 Å². The minimum Gasteiger partial charge on any atom is -0.494 e. The fourth-order valence-corrected chi connectivity index (χ4v) is 4.06. The van der Waals surface area contributed by atoms with Crippen LogP contribution >= 0.6 is 0 Å². The number of rotatable bonds is 12. The Morgan fingerprint density at radius 1 is 1.11 bits per heavy atom. The lowest BCUT2D eigenvalue weighted by molar-refractivity contribution is -0.383. The van der Waals surface area contributed by atoms with Gasteiger partial charge in [0.1, 0.15) is 23.6 Å². The molecule has 0 bridgehead atoms. The van der Waals surface area contributed by atoms with Gasteiger partial charge in [0.05, 0.1) is 30.3 Å². The molecular formula is C25H32N6O4. The number of nitro benzene ring substituents is 1. The molecule has 1 saturated heterocycles. The lowest BCUT2D eigenvalue weighted by Gasteiger charge is -2.26. The lowest BCUT2D eigenvalue weighted by Crippen LogP contribution is -2.36. The first-order valence-electron chi connectivity index (χ1n) is 12.1. The molecule has 0 radical (unpaired) electrons. The molecule has 0 saturated carbocycles. The molecule has 1 aliphatic heterocycles. The molecule has 0 unspecified atom stereocenters. The molecule has 10 nitrogen and oxygen atoms in total. The standard InChI is InChI=1S/C25H32N6O4/c1-2-26-23-16-22-21(15-24(23)31(32)33)25(29-18-28-22)27-17-19-5-7-20(8-6-19)35-12-4-3-9-30-10-13-34-14-11-30/h5-8,15-16,18,26H,2-4,9-14,17H2,1H3,(H,27,28,29). The third kappa shape index (κ3) is 6.77. The quantitative estimate of drug-likeness (QED) is 0.225. The minimum atomic E-state index is -0.393. The summed E-state index contributed by atoms with van der Waals surface area (Å²) in [6, 6.07) is 11.1. The number of nitrogens with one attached hydrogen (secondary N) is 2. The summed E-state index contributed by atoms with van der Waals surface area (Å²) in [6.07, 6.45) is 3.59. The zero-order chi connectivity index (χ0) is 24.5. The van der Waals surface area contributed by atoms with Gasteiger partial charge < -0.3 is 20.1 Å². The van der Waals surface area contributed by atoms with Crippen molar-refractivity contribution in [2.45, 2.75) is 26.3 Å². The van der Waals surface area contributed by atoms with Crippen molar-refractivity contribution in [1.82, 2.24) is 14.9 Å². The van der Waals surface area contributed by atoms with Crippen molar-refractivity contribution in [1.29, 1.82) is 0 Å². The molecule has 3 aromatic rings. The number of nitrogens with zero attached hydrogens (tertiary/aromatic N) is 4. The van der Waals surface area contributed by atoms with E-state index in [-0.39, 0.29) is 5.69 Å². The number of benzene rings is 2. The number of fused-ring (bicyclic) bond motifs is 1. The van der Waals surface area contributed by atoms with Gasteiger partial charge in [-0.25, -0.2) is 9.97 Å². The Kier molecular flexibility index (Phi) is 8.63. The largest absolute Gasteiger partial charge is 0.494 e. The van der Waals surface area contributed by atoms with Crippen molar-refractivity contribution in [3.63, 3.8) is 0 Å². The highest BCUT2D eigenvalue weighted by atomic mass is 16.6. The van der Waals surface area contributed by atoms with Crippen molar-refractivity contribution in [2.24, 2.45) is 0 Å². The van der Waals surface area contributed by atoms with Gasteiger partial charge in [-0.2, -0.15) is 0 Å². The number of morpholine rings is 1. The van der Waals surface area contributed by atoms with Gasteiger partial charge in [-0.05, 0) is 50.1 Å². The molecule has 1 aliphatic rings. The van der Waals surface area contributed by atoms with Gasteiger partial charge in [0.25, 0.3) is 5.69 Å². The van der Waals surface area contributed by atoms with Crippen LogP contribution in [0.15, 0.2) is 42.7 Å². The SMILES string of the molecule is CCNc1cc2ncnc(NCc3ccc(OCCCCN4CCOCC4)cc3)c2cc1[N+](=O)[O-]. The first-order valence-corrected chi connectivity index (χ1v) is 12.1. The summed E-state index contributed by atoms with van der Waals surface area (Å²) in [5.74, 6) is 1.40. The van der Waals surface area contributed by atoms with Crippen LogP contribution in [0.5, 0.6) is 5.75 Å². The molecule has 1 aromatic heterocycles. The molecule has 2 aromatic carbocycles. The van der Waals surface area contributed by atoms with Crippen LogP contribution in [0.3, 0.4) is 0 Å². The number of unbranched alkanes of at least 4 members (excludes halogenated alkanes) is 1. The Balaban J connectivity index is 1.30. The lowest BCUT2D eigenvalue weighted by atomic mass is 10.1. The average molecular weight is 481 g/mol. The van der Waals surface area contributed by atoms with Crippen LogP contribution in [0.4, 0.5) is 17.2 Å². The topological polar surface area (TPSA) is 115 Å². The molecule has 0 amide bonds. The molecule has 0 aliphatic carbocycles. The van der Waals surface area contributed by atoms with Crippen LogP contribution in [0, 0.1) is 10.1 Å². The number of hydrogen-bond acceptors (Lipinski definition) is 9. The number of aromatic nitrogens is 2. The molecule has 0 spiro atoms. The molecule has 2 N–H and O–H groups in total. The second kappa shape index (κ2) is 12.3. The molecule has 186 valence electrons. The summed E-state index contributed by atoms with van der Waals surface area (Å²) < 4.78 is 11.3. The number of ether oxygens (including phenoxy) is 2. The van der Waals surface area contributed by atoms with Crippen molar-refractivity contribution < 1.29 is 14.4 Å². The van der Waals surface area contributed by atoms with Gasteiger partial charge in [-0.15, -0.1) is 0 Å². The normalized spacial score (nSPS) is 14.1. The highest BCUT2D eigenvalue weighted by molar-refractivity contribution is 5.94. The zero-order valence-electron chi connectivity index (χ0n) is 20.0. The molecule has 1 fully saturated rings. The Hall–Kier alpha value is -3.50. The highest BCUT2D eigenvalue weighted by Gasteiger charge is 2.17. The van der Waals surface area contributed by atoms with E-state index >= 15 is 0 Å². The van der Waals surface area contributed by atoms with E-state index in [1.165, 1.54) is 12.4 Å². The monoisotopic (exact) mass is 480 g/mol. The van der Waals surface area contributed by atoms with Crippen LogP contribution in [-0.4, -0.2) is 65.8 Å². The minimum absolute atomic E-state index is 0.00338. The smallest absolute Gasteiger partial charge is 0.293 e. The van der Waals surface area contributed by atoms with Gasteiger partial charge >= 0.3 is 0 Å². The fraction of sp³-hybridized carbons (Fsp3) is 0.440. The van der Waals surface area contributed by atoms with Crippen molar-refractivity contribution >= 4 is 28.1 Å². The summed E-state index contributed by atoms with van der Waals surface area (Å²) in [6.45, 7) is 8.50. The molecule has 2 heterocycles. The Labute approximate surface area is 204 Å². The van der Waals surface area contributed by atoms with Gasteiger partial charge in [0.2, 0.25) is 0 Å². The molecule has 0 atom stereocenters. The second-order valence-electron chi connectivity index (χ2n) is 8.40. The third-order valence-electron chi connectivity index (χ3n) is 5.94. The molecule has 4 rings (SSSR count). The summed E-state index contributed by atoms with van der Waals surface area (Å²) in [4.78, 5) is 22.2. The first kappa shape index (κ1) is 24.6. The van der Waals surface area contributed by atoms with Crippen molar-refractivity contribution in [3.8, 4) is 5.75 Å². The Morgan fingerprint density at radius 2 is 1.91 bits per heavy atom. The average Bonchev–Trinajstić information content (AvgIpc) is 2.88. The van der Waals surface area contributed by atoms with Gasteiger partial charge in [0.15, 0.2) is 0 Å². The van der Waals surface area contributed by atoms with Crippen LogP contribution in [0.1, 0.15) is 25.3 Å². The fourth-order valence-electron chi connectivity index (χ4n) is 4.06. The van der Waals surface area contributed by atoms with E-state index in [1.54, 1.807) is 6.07 Å². The summed E-state index contributed by atoms with van der Waals surface area (Å²) >= 11 is 0. The number of nitro groups is 1. The van der Waals surface area contributed by atoms with Crippen LogP contribution in [0.25, 0.3) is 10.9 Å². The van der Waals surface area contributed by atoms with Gasteiger partial charge in [0, 0.05) is 37.6 Å². The maximum absolute atomic E-state index is 11.5. The Morgan fingerprint density at radius 3 is 2.66 bits per heavy atom. The second-order valence-corrected chi connectivity index (χ2v) is 8.40. The predicted octanol–water partition coefficient (Wildman–Crippen LogP) is 4.07. The molecule has 10 heteroatoms. The van der Waals surface area contributed by atoms with Crippen LogP contribution < -0.4 is 15.4 Å². The maximum Gasteiger partial charge on any atom is 0.293 e. The van der Waals surface area contributed by atoms with E-state index in [1.807, 2.05) is 31.2 Å². The van der Waals surface area contributed by atoms with E-state index in [2.05, 4.69) is 25.5 Å². The number of anilines is 2. The summed E-state index contributed by atoms with van der Waals surface area (Å²) in [7, 11) is 0. The number of hydrogen-bond donors (Lipinski definition) is 2. The van der Waals surface area contributed by atoms with Crippen LogP contribution in [-0.2, 0) is 11.3 Å². The Bertz CT molecular complexity index is 1120.